The molecule has 0 N–H and O–H groups in total. The van der Waals surface area contributed by atoms with E-state index in [9.17, 15) is 4.79 Å². The monoisotopic (exact) mass is 439 g/mol. The molecule has 0 fully saturated rings. The van der Waals surface area contributed by atoms with Crippen molar-refractivity contribution < 1.29 is 9.53 Å². The number of carbonyl (C=O) groups excluding carboxylic acids is 1. The third kappa shape index (κ3) is 3.31. The van der Waals surface area contributed by atoms with Crippen LogP contribution in [0.25, 0.3) is 10.9 Å². The first kappa shape index (κ1) is 18.3. The zero-order valence-corrected chi connectivity index (χ0v) is 17.1. The quantitative estimate of drug-likeness (QED) is 0.472. The highest BCUT2D eigenvalue weighted by Gasteiger charge is 2.18. The van der Waals surface area contributed by atoms with E-state index in [0.29, 0.717) is 27.6 Å². The fourth-order valence-electron chi connectivity index (χ4n) is 3.00. The Morgan fingerprint density at radius 3 is 2.64 bits per heavy atom. The zero-order chi connectivity index (χ0) is 18.3. The van der Waals surface area contributed by atoms with Crippen LogP contribution in [0.1, 0.15) is 27.2 Å². The van der Waals surface area contributed by atoms with E-state index in [1.807, 2.05) is 7.05 Å². The van der Waals surface area contributed by atoms with E-state index in [0.717, 1.165) is 15.7 Å². The van der Waals surface area contributed by atoms with Crippen molar-refractivity contribution in [2.24, 2.45) is 7.05 Å². The van der Waals surface area contributed by atoms with Gasteiger partial charge >= 0.3 is 5.97 Å². The molecule has 2 aromatic carbocycles. The molecule has 3 nitrogen and oxygen atoms in total. The molecule has 0 aliphatic heterocycles. The van der Waals surface area contributed by atoms with Gasteiger partial charge in [0, 0.05) is 39.6 Å². The van der Waals surface area contributed by atoms with E-state index >= 15 is 0 Å². The molecule has 0 aliphatic rings. The van der Waals surface area contributed by atoms with Crippen LogP contribution < -0.4 is 0 Å². The maximum Gasteiger partial charge on any atom is 0.339 e. The number of ether oxygens (including phenoxy) is 1. The first-order valence-corrected chi connectivity index (χ1v) is 9.18. The van der Waals surface area contributed by atoms with Crippen molar-refractivity contribution in [1.82, 2.24) is 4.57 Å². The molecule has 0 saturated carbocycles. The number of halogens is 3. The Morgan fingerprint density at radius 1 is 1.24 bits per heavy atom. The summed E-state index contributed by atoms with van der Waals surface area (Å²) in [5, 5.41) is 2.04. The first-order chi connectivity index (χ1) is 11.8. The highest BCUT2D eigenvalue weighted by molar-refractivity contribution is 9.10. The van der Waals surface area contributed by atoms with Crippen molar-refractivity contribution in [3.63, 3.8) is 0 Å². The van der Waals surface area contributed by atoms with E-state index < -0.39 is 5.97 Å². The van der Waals surface area contributed by atoms with Gasteiger partial charge in [-0.25, -0.2) is 4.79 Å². The molecule has 6 heteroatoms. The molecule has 1 aromatic heterocycles. The van der Waals surface area contributed by atoms with Crippen LogP contribution in [0.3, 0.4) is 0 Å². The summed E-state index contributed by atoms with van der Waals surface area (Å²) in [6.07, 6.45) is 0.519. The van der Waals surface area contributed by atoms with Gasteiger partial charge in [0.05, 0.1) is 17.7 Å². The van der Waals surface area contributed by atoms with Crippen molar-refractivity contribution in [3.05, 3.63) is 67.2 Å². The minimum absolute atomic E-state index is 0.321. The highest BCUT2D eigenvalue weighted by Crippen LogP contribution is 2.33. The van der Waals surface area contributed by atoms with E-state index in [-0.39, 0.29) is 0 Å². The fraction of sp³-hybridized carbons (Fsp3) is 0.211. The van der Waals surface area contributed by atoms with E-state index in [2.05, 4.69) is 45.6 Å². The van der Waals surface area contributed by atoms with Gasteiger partial charge in [0.15, 0.2) is 0 Å². The second kappa shape index (κ2) is 7.02. The number of esters is 1. The molecule has 1 heterocycles. The van der Waals surface area contributed by atoms with Gasteiger partial charge in [-0.1, -0.05) is 39.1 Å². The Morgan fingerprint density at radius 2 is 1.96 bits per heavy atom. The molecule has 3 rings (SSSR count). The molecule has 0 atom stereocenters. The maximum atomic E-state index is 11.9. The number of hydrogen-bond donors (Lipinski definition) is 0. The predicted octanol–water partition coefficient (Wildman–Crippen LogP) is 5.93. The Bertz CT molecular complexity index is 995. The Balaban J connectivity index is 2.12. The van der Waals surface area contributed by atoms with E-state index in [1.165, 1.54) is 18.1 Å². The van der Waals surface area contributed by atoms with E-state index in [4.69, 9.17) is 27.9 Å². The van der Waals surface area contributed by atoms with Crippen LogP contribution in [0.15, 0.2) is 34.8 Å². The Kier molecular flexibility index (Phi) is 5.14. The van der Waals surface area contributed by atoms with Crippen LogP contribution in [0.2, 0.25) is 10.0 Å². The maximum absolute atomic E-state index is 11.9. The molecule has 0 aliphatic carbocycles. The number of aromatic nitrogens is 1. The van der Waals surface area contributed by atoms with Crippen molar-refractivity contribution in [1.29, 1.82) is 0 Å². The molecule has 0 unspecified atom stereocenters. The minimum Gasteiger partial charge on any atom is -0.465 e. The molecule has 0 saturated heterocycles. The van der Waals surface area contributed by atoms with Gasteiger partial charge in [0.25, 0.3) is 0 Å². The molecule has 130 valence electrons. The molecule has 3 aromatic rings. The van der Waals surface area contributed by atoms with Crippen molar-refractivity contribution in [3.8, 4) is 0 Å². The lowest BCUT2D eigenvalue weighted by Gasteiger charge is -2.11. The highest BCUT2D eigenvalue weighted by atomic mass is 79.9. The van der Waals surface area contributed by atoms with Gasteiger partial charge < -0.3 is 9.30 Å². The van der Waals surface area contributed by atoms with Crippen LogP contribution in [0.5, 0.6) is 0 Å². The van der Waals surface area contributed by atoms with E-state index in [1.54, 1.807) is 12.1 Å². The fourth-order valence-corrected chi connectivity index (χ4v) is 4.14. The third-order valence-electron chi connectivity index (χ3n) is 4.38. The summed E-state index contributed by atoms with van der Waals surface area (Å²) in [6, 6.07) is 9.57. The van der Waals surface area contributed by atoms with Crippen molar-refractivity contribution in [2.75, 3.05) is 7.11 Å². The molecular formula is C19H16BrCl2NO2. The second-order valence-electron chi connectivity index (χ2n) is 5.91. The second-order valence-corrected chi connectivity index (χ2v) is 7.61. The smallest absolute Gasteiger partial charge is 0.339 e. The SMILES string of the molecule is COC(=O)c1ccc(Cl)c(Cc2cc3c(C)cc(Br)cc3n2C)c1Cl. The van der Waals surface area contributed by atoms with Gasteiger partial charge in [-0.2, -0.15) is 0 Å². The van der Waals surface area contributed by atoms with Crippen molar-refractivity contribution in [2.45, 2.75) is 13.3 Å². The van der Waals surface area contributed by atoms with Gasteiger partial charge in [0.1, 0.15) is 0 Å². The molecule has 25 heavy (non-hydrogen) atoms. The first-order valence-electron chi connectivity index (χ1n) is 7.63. The number of hydrogen-bond acceptors (Lipinski definition) is 2. The molecule has 0 radical (unpaired) electrons. The molecular weight excluding hydrogens is 425 g/mol. The summed E-state index contributed by atoms with van der Waals surface area (Å²) < 4.78 is 7.94. The lowest BCUT2D eigenvalue weighted by atomic mass is 10.1. The van der Waals surface area contributed by atoms with Crippen LogP contribution >= 0.6 is 39.1 Å². The summed E-state index contributed by atoms with van der Waals surface area (Å²) >= 11 is 16.3. The Labute approximate surface area is 164 Å². The van der Waals surface area contributed by atoms with Crippen LogP contribution in [0.4, 0.5) is 0 Å². The summed E-state index contributed by atoms with van der Waals surface area (Å²) in [4.78, 5) is 11.9. The topological polar surface area (TPSA) is 31.2 Å². The Hall–Kier alpha value is -1.49. The standard InChI is InChI=1S/C19H16BrCl2NO2/c1-10-6-11(20)7-17-14(10)8-12(23(17)2)9-15-16(21)5-4-13(18(15)22)19(24)25-3/h4-8H,9H2,1-3H3. The van der Waals surface area contributed by atoms with Gasteiger partial charge in [-0.15, -0.1) is 0 Å². The van der Waals surface area contributed by atoms with Gasteiger partial charge in [-0.3, -0.25) is 0 Å². The molecule has 0 amide bonds. The number of carbonyl (C=O) groups is 1. The average molecular weight is 441 g/mol. The number of benzene rings is 2. The molecule has 0 spiro atoms. The number of methoxy groups -OCH3 is 1. The number of rotatable bonds is 3. The molecule has 0 bridgehead atoms. The minimum atomic E-state index is -0.472. The predicted molar refractivity (Wildman–Crippen MR) is 106 cm³/mol. The summed E-state index contributed by atoms with van der Waals surface area (Å²) in [7, 11) is 3.34. The lowest BCUT2D eigenvalue weighted by molar-refractivity contribution is 0.0601. The average Bonchev–Trinajstić information content (AvgIpc) is 2.88. The third-order valence-corrected chi connectivity index (χ3v) is 5.63. The summed E-state index contributed by atoms with van der Waals surface area (Å²) in [6.45, 7) is 2.08. The zero-order valence-electron chi connectivity index (χ0n) is 14.0. The van der Waals surface area contributed by atoms with Crippen LogP contribution in [-0.4, -0.2) is 17.6 Å². The number of nitrogens with zero attached hydrogens (tertiary/aromatic N) is 1. The summed E-state index contributed by atoms with van der Waals surface area (Å²) in [5.41, 5.74) is 4.40. The lowest BCUT2D eigenvalue weighted by Crippen LogP contribution is -2.05. The van der Waals surface area contributed by atoms with Gasteiger partial charge in [-0.05, 0) is 48.4 Å². The summed E-state index contributed by atoms with van der Waals surface area (Å²) in [5.74, 6) is -0.472. The van der Waals surface area contributed by atoms with Crippen molar-refractivity contribution >= 4 is 56.0 Å². The normalized spacial score (nSPS) is 11.1. The van der Waals surface area contributed by atoms with Crippen LogP contribution in [-0.2, 0) is 18.2 Å². The van der Waals surface area contributed by atoms with Crippen LogP contribution in [0, 0.1) is 6.92 Å². The largest absolute Gasteiger partial charge is 0.465 e. The number of aryl methyl sites for hydroxylation is 2. The van der Waals surface area contributed by atoms with Gasteiger partial charge in [0.2, 0.25) is 0 Å². The number of fused-ring (bicyclic) bond motifs is 1.